The number of rotatable bonds is 53. The monoisotopic (exact) mass is 1280 g/mol. The molecule has 0 heterocycles. The van der Waals surface area contributed by atoms with Crippen molar-refractivity contribution in [1.82, 2.24) is 53.2 Å². The van der Waals surface area contributed by atoms with Crippen LogP contribution in [0, 0.1) is 17.8 Å². The fourth-order valence-corrected chi connectivity index (χ4v) is 10.2. The molecule has 0 radical (unpaired) electrons. The van der Waals surface area contributed by atoms with Crippen molar-refractivity contribution in [2.45, 2.75) is 310 Å². The molecule has 11 amide bonds. The predicted molar refractivity (Wildman–Crippen MR) is 353 cm³/mol. The van der Waals surface area contributed by atoms with Crippen LogP contribution >= 0.6 is 0 Å². The molecule has 0 aliphatic rings. The van der Waals surface area contributed by atoms with E-state index >= 15 is 0 Å². The van der Waals surface area contributed by atoms with Crippen LogP contribution in [0.5, 0.6) is 0 Å². The van der Waals surface area contributed by atoms with Gasteiger partial charge in [-0.05, 0) is 127 Å². The lowest BCUT2D eigenvalue weighted by Crippen LogP contribution is -2.60. The fourth-order valence-electron chi connectivity index (χ4n) is 10.2. The Hall–Kier alpha value is -5.95. The summed E-state index contributed by atoms with van der Waals surface area (Å²) in [6, 6.07) is -11.1. The minimum absolute atomic E-state index is 0.0338. The van der Waals surface area contributed by atoms with E-state index in [1.165, 1.54) is 0 Å². The average molecular weight is 1280 g/mol. The van der Waals surface area contributed by atoms with Gasteiger partial charge in [0.25, 0.3) is 0 Å². The Bertz CT molecular complexity index is 2130. The van der Waals surface area contributed by atoms with Gasteiger partial charge in [-0.25, -0.2) is 0 Å². The van der Waals surface area contributed by atoms with Gasteiger partial charge < -0.3 is 76.1 Å². The van der Waals surface area contributed by atoms with E-state index < -0.39 is 119 Å². The summed E-state index contributed by atoms with van der Waals surface area (Å²) >= 11 is 0. The van der Waals surface area contributed by atoms with Gasteiger partial charge in [-0.15, -0.1) is 0 Å². The molecular weight excluding hydrogens is 1150 g/mol. The summed E-state index contributed by atoms with van der Waals surface area (Å²) in [5.41, 5.74) is 23.3. The Morgan fingerprint density at radius 1 is 0.267 bits per heavy atom. The molecule has 0 aromatic carbocycles. The zero-order valence-corrected chi connectivity index (χ0v) is 57.0. The third-order valence-electron chi connectivity index (χ3n) is 15.5. The summed E-state index contributed by atoms with van der Waals surface area (Å²) in [7, 11) is 0. The van der Waals surface area contributed by atoms with Crippen molar-refractivity contribution in [2.24, 2.45) is 40.7 Å². The number of carbonyl (C=O) groups excluding carboxylic acids is 11. The summed E-state index contributed by atoms with van der Waals surface area (Å²) in [6.45, 7) is 21.6. The standard InChI is InChI=1S/C65H124N14O11/c1-12-17-22-23-24-35-55(80)70-45(28-18-13-2)57(82)73-51(34-27-38-68)63(88)78-54(41-44(10)11)65(90)79-53(40-43(8)9)64(89)76-47(30-20-15-4)59(84)75-49(32-25-36-66)60(85)71-46(29-19-14-3)58(83)74-50(33-26-37-67)61(86)72-48(31-21-16-5)62(87)77-52(56(69)81)39-42(6)7/h42-54H,12-41,66-68H2,1-11H3,(H2,69,81)(H,70,80)(H,71,85)(H,72,86)(H,73,82)(H,74,83)(H,75,84)(H,76,89)(H,77,87)(H,78,88)(H,79,90)/t45-,46-,47-,48-,49-,50-,51-,52-,53-,54-/m0/s1. The molecule has 0 aliphatic heterocycles. The molecule has 0 saturated heterocycles. The highest BCUT2D eigenvalue weighted by Crippen LogP contribution is 2.15. The van der Waals surface area contributed by atoms with Crippen molar-refractivity contribution in [3.63, 3.8) is 0 Å². The molecule has 0 bridgehead atoms. The molecule has 10 atom stereocenters. The van der Waals surface area contributed by atoms with E-state index in [1.807, 2.05) is 69.2 Å². The largest absolute Gasteiger partial charge is 0.368 e. The topological polar surface area (TPSA) is 412 Å². The fraction of sp³-hybridized carbons (Fsp3) is 0.831. The molecule has 0 unspecified atom stereocenters. The van der Waals surface area contributed by atoms with E-state index in [9.17, 15) is 52.7 Å². The smallest absolute Gasteiger partial charge is 0.243 e. The molecule has 0 fully saturated rings. The molecule has 0 spiro atoms. The molecule has 520 valence electrons. The maximum absolute atomic E-state index is 14.5. The van der Waals surface area contributed by atoms with Gasteiger partial charge >= 0.3 is 0 Å². The van der Waals surface area contributed by atoms with Gasteiger partial charge in [0.05, 0.1) is 0 Å². The molecular formula is C65H124N14O11. The Morgan fingerprint density at radius 3 is 0.722 bits per heavy atom. The van der Waals surface area contributed by atoms with E-state index in [4.69, 9.17) is 22.9 Å². The molecule has 18 N–H and O–H groups in total. The second-order valence-corrected chi connectivity index (χ2v) is 25.5. The number of carbonyl (C=O) groups is 11. The molecule has 0 aliphatic carbocycles. The second kappa shape index (κ2) is 49.7. The highest BCUT2D eigenvalue weighted by molar-refractivity contribution is 5.99. The maximum Gasteiger partial charge on any atom is 0.243 e. The summed E-state index contributed by atoms with van der Waals surface area (Å²) < 4.78 is 0. The highest BCUT2D eigenvalue weighted by atomic mass is 16.2. The minimum atomic E-state index is -1.23. The number of unbranched alkanes of at least 4 members (excludes halogenated alkanes) is 8. The zero-order valence-electron chi connectivity index (χ0n) is 57.0. The first kappa shape index (κ1) is 84.0. The highest BCUT2D eigenvalue weighted by Gasteiger charge is 2.36. The van der Waals surface area contributed by atoms with Gasteiger partial charge in [-0.1, -0.05) is 153 Å². The summed E-state index contributed by atoms with van der Waals surface area (Å²) in [5.74, 6) is -7.02. The normalized spacial score (nSPS) is 14.7. The molecule has 90 heavy (non-hydrogen) atoms. The van der Waals surface area contributed by atoms with Gasteiger partial charge in [0.15, 0.2) is 0 Å². The minimum Gasteiger partial charge on any atom is -0.368 e. The van der Waals surface area contributed by atoms with Crippen LogP contribution in [-0.2, 0) is 52.7 Å². The second-order valence-electron chi connectivity index (χ2n) is 25.5. The maximum atomic E-state index is 14.5. The third kappa shape index (κ3) is 36.8. The van der Waals surface area contributed by atoms with E-state index in [-0.39, 0.29) is 108 Å². The van der Waals surface area contributed by atoms with Crippen LogP contribution < -0.4 is 76.1 Å². The Morgan fingerprint density at radius 2 is 0.478 bits per heavy atom. The molecule has 0 saturated carbocycles. The first-order valence-electron chi connectivity index (χ1n) is 34.2. The number of hydrogen-bond acceptors (Lipinski definition) is 14. The lowest BCUT2D eigenvalue weighted by atomic mass is 9.99. The van der Waals surface area contributed by atoms with Crippen LogP contribution in [-0.4, -0.2) is 145 Å². The molecule has 25 heteroatoms. The van der Waals surface area contributed by atoms with Crippen molar-refractivity contribution >= 4 is 65.0 Å². The van der Waals surface area contributed by atoms with E-state index in [0.29, 0.717) is 77.0 Å². The van der Waals surface area contributed by atoms with Crippen LogP contribution in [0.15, 0.2) is 0 Å². The van der Waals surface area contributed by atoms with Gasteiger partial charge in [-0.3, -0.25) is 52.7 Å². The zero-order chi connectivity index (χ0) is 68.1. The van der Waals surface area contributed by atoms with Crippen LogP contribution in [0.25, 0.3) is 0 Å². The van der Waals surface area contributed by atoms with Crippen LogP contribution in [0.4, 0.5) is 0 Å². The Labute approximate surface area is 539 Å². The van der Waals surface area contributed by atoms with Crippen molar-refractivity contribution in [2.75, 3.05) is 19.6 Å². The van der Waals surface area contributed by atoms with Crippen molar-refractivity contribution < 1.29 is 52.7 Å². The number of amides is 11. The van der Waals surface area contributed by atoms with Gasteiger partial charge in [0, 0.05) is 6.42 Å². The van der Waals surface area contributed by atoms with Crippen LogP contribution in [0.2, 0.25) is 0 Å². The first-order valence-corrected chi connectivity index (χ1v) is 34.2. The van der Waals surface area contributed by atoms with Gasteiger partial charge in [0.1, 0.15) is 60.4 Å². The van der Waals surface area contributed by atoms with E-state index in [0.717, 1.165) is 32.1 Å². The SMILES string of the molecule is CCCCCCCC(=O)N[C@@H](CCCC)C(=O)N[C@@H](CCCN)C(=O)N[C@@H](CC(C)C)C(=O)N[C@@H](CC(C)C)C(=O)N[C@@H](CCCC)C(=O)N[C@@H](CCCN)C(=O)N[C@@H](CCCC)C(=O)N[C@@H](CCCN)C(=O)N[C@@H](CCCC)C(=O)N[C@@H](CC(C)C)C(N)=O. The molecule has 0 rings (SSSR count). The van der Waals surface area contributed by atoms with Crippen molar-refractivity contribution in [3.8, 4) is 0 Å². The molecule has 0 aromatic heterocycles. The third-order valence-corrected chi connectivity index (χ3v) is 15.5. The van der Waals surface area contributed by atoms with E-state index in [2.05, 4.69) is 60.1 Å². The molecule has 0 aromatic rings. The summed E-state index contributed by atoms with van der Waals surface area (Å²) in [6.07, 6.45) is 12.8. The number of nitrogens with one attached hydrogen (secondary N) is 10. The van der Waals surface area contributed by atoms with Crippen LogP contribution in [0.1, 0.15) is 250 Å². The lowest BCUT2D eigenvalue weighted by Gasteiger charge is -2.29. The van der Waals surface area contributed by atoms with Crippen molar-refractivity contribution in [3.05, 3.63) is 0 Å². The molecule has 25 nitrogen and oxygen atoms in total. The summed E-state index contributed by atoms with van der Waals surface area (Å²) in [4.78, 5) is 153. The number of hydrogen-bond donors (Lipinski definition) is 14. The predicted octanol–water partition coefficient (Wildman–Crippen LogP) is 3.80. The quantitative estimate of drug-likeness (QED) is 0.0386. The summed E-state index contributed by atoms with van der Waals surface area (Å²) in [5, 5.41) is 28.1. The lowest BCUT2D eigenvalue weighted by molar-refractivity contribution is -0.136. The average Bonchev–Trinajstić information content (AvgIpc) is 2.25. The van der Waals surface area contributed by atoms with Crippen LogP contribution in [0.3, 0.4) is 0 Å². The number of nitrogens with two attached hydrogens (primary N) is 4. The van der Waals surface area contributed by atoms with E-state index in [1.54, 1.807) is 0 Å². The Kier molecular flexibility index (Phi) is 46.4. The van der Waals surface area contributed by atoms with Gasteiger partial charge in [0.2, 0.25) is 65.0 Å². The first-order chi connectivity index (χ1) is 42.8. The Balaban J connectivity index is 6.79. The van der Waals surface area contributed by atoms with Crippen molar-refractivity contribution in [1.29, 1.82) is 0 Å². The number of primary amides is 1. The van der Waals surface area contributed by atoms with Gasteiger partial charge in [-0.2, -0.15) is 0 Å².